The van der Waals surface area contributed by atoms with Crippen LogP contribution in [0.3, 0.4) is 0 Å². The molecule has 2 saturated heterocycles. The maximum atomic E-state index is 12.9. The van der Waals surface area contributed by atoms with Gasteiger partial charge in [-0.25, -0.2) is 9.97 Å². The summed E-state index contributed by atoms with van der Waals surface area (Å²) >= 11 is 0. The van der Waals surface area contributed by atoms with Gasteiger partial charge < -0.3 is 20.0 Å². The minimum absolute atomic E-state index is 0.258. The lowest BCUT2D eigenvalue weighted by atomic mass is 10.0. The second-order valence-corrected chi connectivity index (χ2v) is 10.0. The van der Waals surface area contributed by atoms with Crippen molar-refractivity contribution in [2.75, 3.05) is 56.5 Å². The highest BCUT2D eigenvalue weighted by Crippen LogP contribution is 2.30. The van der Waals surface area contributed by atoms with E-state index < -0.39 is 0 Å². The molecule has 0 aromatic carbocycles. The van der Waals surface area contributed by atoms with E-state index in [2.05, 4.69) is 37.3 Å². The molecule has 2 N–H and O–H groups in total. The van der Waals surface area contributed by atoms with Crippen LogP contribution < -0.4 is 10.2 Å². The van der Waals surface area contributed by atoms with Crippen LogP contribution >= 0.6 is 0 Å². The summed E-state index contributed by atoms with van der Waals surface area (Å²) in [5.74, 6) is 4.40. The third-order valence-electron chi connectivity index (χ3n) is 7.32. The number of amides is 1. The van der Waals surface area contributed by atoms with Crippen LogP contribution in [0.1, 0.15) is 43.6 Å². The highest BCUT2D eigenvalue weighted by atomic mass is 16.2. The molecule has 2 aliphatic heterocycles. The van der Waals surface area contributed by atoms with E-state index in [0.29, 0.717) is 11.8 Å². The zero-order valence-electron chi connectivity index (χ0n) is 19.9. The molecule has 1 aliphatic carbocycles. The highest BCUT2D eigenvalue weighted by molar-refractivity contribution is 5.79. The van der Waals surface area contributed by atoms with Crippen molar-refractivity contribution in [2.45, 2.75) is 45.4 Å². The fourth-order valence-electron chi connectivity index (χ4n) is 5.34. The van der Waals surface area contributed by atoms with E-state index in [1.165, 1.54) is 12.8 Å². The number of carbonyl (C=O) groups excluding carboxylic acids is 1. The number of rotatable bonds is 6. The first kappa shape index (κ1) is 22.1. The van der Waals surface area contributed by atoms with E-state index in [9.17, 15) is 4.79 Å². The number of nitrogens with one attached hydrogen (secondary N) is 2. The zero-order valence-corrected chi connectivity index (χ0v) is 19.9. The molecule has 1 amide bonds. The lowest BCUT2D eigenvalue weighted by Crippen LogP contribution is -2.45. The molecular weight excluding hydrogens is 416 g/mol. The fourth-order valence-corrected chi connectivity index (χ4v) is 5.34. The van der Waals surface area contributed by atoms with E-state index in [0.717, 1.165) is 93.9 Å². The molecule has 4 heterocycles. The summed E-state index contributed by atoms with van der Waals surface area (Å²) < 4.78 is 0. The Morgan fingerprint density at radius 3 is 2.58 bits per heavy atom. The fraction of sp³-hybridized carbons (Fsp3) is 0.667. The average molecular weight is 453 g/mol. The average Bonchev–Trinajstić information content (AvgIpc) is 3.57. The molecule has 2 aromatic rings. The maximum Gasteiger partial charge on any atom is 0.225 e. The van der Waals surface area contributed by atoms with Crippen molar-refractivity contribution in [1.29, 1.82) is 0 Å². The second kappa shape index (κ2) is 9.67. The molecule has 3 aliphatic rings. The third-order valence-corrected chi connectivity index (χ3v) is 7.32. The molecule has 9 nitrogen and oxygen atoms in total. The predicted molar refractivity (Wildman–Crippen MR) is 129 cm³/mol. The molecule has 9 heteroatoms. The molecule has 33 heavy (non-hydrogen) atoms. The number of hydrogen-bond acceptors (Lipinski definition) is 7. The predicted octanol–water partition coefficient (Wildman–Crippen LogP) is 2.58. The topological polar surface area (TPSA) is 93.3 Å². The molecule has 0 bridgehead atoms. The van der Waals surface area contributed by atoms with Gasteiger partial charge in [-0.1, -0.05) is 12.8 Å². The minimum atomic E-state index is 0.258. The molecule has 2 aromatic heterocycles. The van der Waals surface area contributed by atoms with Crippen LogP contribution in [-0.4, -0.2) is 82.2 Å². The smallest absolute Gasteiger partial charge is 0.225 e. The van der Waals surface area contributed by atoms with Gasteiger partial charge in [-0.2, -0.15) is 5.10 Å². The van der Waals surface area contributed by atoms with Gasteiger partial charge in [0.2, 0.25) is 5.91 Å². The Kier molecular flexibility index (Phi) is 6.48. The number of aromatic nitrogens is 4. The molecule has 5 rings (SSSR count). The largest absolute Gasteiger partial charge is 0.354 e. The van der Waals surface area contributed by atoms with Crippen molar-refractivity contribution < 1.29 is 4.79 Å². The lowest BCUT2D eigenvalue weighted by molar-refractivity contribution is -0.134. The van der Waals surface area contributed by atoms with Crippen LogP contribution in [-0.2, 0) is 11.2 Å². The van der Waals surface area contributed by atoms with Crippen LogP contribution in [0.5, 0.6) is 0 Å². The van der Waals surface area contributed by atoms with Crippen molar-refractivity contribution >= 4 is 23.4 Å². The number of hydrogen-bond donors (Lipinski definition) is 2. The molecule has 0 unspecified atom stereocenters. The summed E-state index contributed by atoms with van der Waals surface area (Å²) in [7, 11) is 2.16. The Morgan fingerprint density at radius 1 is 1.06 bits per heavy atom. The standard InChI is InChI=1S/C24H36N8O/c1-17-13-22(29-28-17)26-21-15-23(31-11-9-30(2)10-12-31)27-20(25-21)14-18-7-8-32(16-18)24(33)19-5-3-4-6-19/h13,15,18-19H,3-12,14,16H2,1-2H3,(H2,25,26,27,28,29)/t18-/m0/s1. The van der Waals surface area contributed by atoms with Crippen LogP contribution in [0, 0.1) is 18.8 Å². The first-order valence-electron chi connectivity index (χ1n) is 12.4. The van der Waals surface area contributed by atoms with Gasteiger partial charge in [0.25, 0.3) is 0 Å². The number of aryl methyl sites for hydroxylation is 1. The van der Waals surface area contributed by atoms with Crippen molar-refractivity contribution in [3.05, 3.63) is 23.7 Å². The highest BCUT2D eigenvalue weighted by Gasteiger charge is 2.32. The molecular formula is C24H36N8O. The second-order valence-electron chi connectivity index (χ2n) is 10.0. The normalized spacial score (nSPS) is 22.3. The Morgan fingerprint density at radius 2 is 1.85 bits per heavy atom. The minimum Gasteiger partial charge on any atom is -0.354 e. The van der Waals surface area contributed by atoms with Crippen molar-refractivity contribution in [3.63, 3.8) is 0 Å². The SMILES string of the molecule is Cc1cc(Nc2cc(N3CCN(C)CC3)nc(C[C@@H]3CCN(C(=O)C4CCCC4)C3)n2)n[nH]1. The van der Waals surface area contributed by atoms with Crippen LogP contribution in [0.15, 0.2) is 12.1 Å². The molecule has 0 spiro atoms. The van der Waals surface area contributed by atoms with Gasteiger partial charge in [0.05, 0.1) is 0 Å². The lowest BCUT2D eigenvalue weighted by Gasteiger charge is -2.33. The molecule has 1 saturated carbocycles. The van der Waals surface area contributed by atoms with Gasteiger partial charge in [-0.15, -0.1) is 0 Å². The molecule has 0 radical (unpaired) electrons. The number of piperazine rings is 1. The van der Waals surface area contributed by atoms with Gasteiger partial charge in [0.15, 0.2) is 5.82 Å². The van der Waals surface area contributed by atoms with Crippen molar-refractivity contribution in [3.8, 4) is 0 Å². The first-order valence-corrected chi connectivity index (χ1v) is 12.4. The summed E-state index contributed by atoms with van der Waals surface area (Å²) in [6.45, 7) is 7.66. The maximum absolute atomic E-state index is 12.9. The third kappa shape index (κ3) is 5.29. The molecule has 3 fully saturated rings. The zero-order chi connectivity index (χ0) is 22.8. The number of aromatic amines is 1. The Bertz CT molecular complexity index is 961. The van der Waals surface area contributed by atoms with Crippen molar-refractivity contribution in [2.24, 2.45) is 11.8 Å². The van der Waals surface area contributed by atoms with Crippen molar-refractivity contribution in [1.82, 2.24) is 30.0 Å². The summed E-state index contributed by atoms with van der Waals surface area (Å²) in [6.07, 6.45) is 6.36. The van der Waals surface area contributed by atoms with E-state index >= 15 is 0 Å². The monoisotopic (exact) mass is 452 g/mol. The van der Waals surface area contributed by atoms with E-state index in [4.69, 9.17) is 9.97 Å². The number of carbonyl (C=O) groups is 1. The Labute approximate surface area is 196 Å². The summed E-state index contributed by atoms with van der Waals surface area (Å²) in [6, 6.07) is 4.00. The molecule has 178 valence electrons. The number of nitrogens with zero attached hydrogens (tertiary/aromatic N) is 6. The summed E-state index contributed by atoms with van der Waals surface area (Å²) in [4.78, 5) is 29.4. The van der Waals surface area contributed by atoms with E-state index in [1.54, 1.807) is 0 Å². The number of anilines is 3. The quantitative estimate of drug-likeness (QED) is 0.696. The summed E-state index contributed by atoms with van der Waals surface area (Å²) in [5, 5.41) is 10.6. The van der Waals surface area contributed by atoms with E-state index in [-0.39, 0.29) is 5.92 Å². The van der Waals surface area contributed by atoms with Crippen LogP contribution in [0.2, 0.25) is 0 Å². The van der Waals surface area contributed by atoms with E-state index in [1.807, 2.05) is 19.1 Å². The number of H-pyrrole nitrogens is 1. The Hall–Kier alpha value is -2.68. The summed E-state index contributed by atoms with van der Waals surface area (Å²) in [5.41, 5.74) is 1.00. The first-order chi connectivity index (χ1) is 16.0. The van der Waals surface area contributed by atoms with Gasteiger partial charge in [-0.3, -0.25) is 9.89 Å². The van der Waals surface area contributed by atoms with Gasteiger partial charge >= 0.3 is 0 Å². The number of likely N-dealkylation sites (tertiary alicyclic amines) is 1. The van der Waals surface area contributed by atoms with Crippen LogP contribution in [0.4, 0.5) is 17.5 Å². The van der Waals surface area contributed by atoms with Gasteiger partial charge in [0.1, 0.15) is 17.5 Å². The molecule has 1 atom stereocenters. The van der Waals surface area contributed by atoms with Crippen LogP contribution in [0.25, 0.3) is 0 Å². The Balaban J connectivity index is 1.30. The number of likely N-dealkylation sites (N-methyl/N-ethyl adjacent to an activating group) is 1. The van der Waals surface area contributed by atoms with Gasteiger partial charge in [0, 0.05) is 69.4 Å². The van der Waals surface area contributed by atoms with Gasteiger partial charge in [-0.05, 0) is 39.2 Å².